The number of oxime groups is 1. The lowest BCUT2D eigenvalue weighted by atomic mass is 10.1. The maximum Gasteiger partial charge on any atom is 0.437 e. The van der Waals surface area contributed by atoms with Crippen molar-refractivity contribution in [1.29, 1.82) is 0 Å². The van der Waals surface area contributed by atoms with Crippen LogP contribution in [0.4, 0.5) is 17.6 Å². The van der Waals surface area contributed by atoms with Crippen LogP contribution in [0, 0.1) is 12.7 Å². The van der Waals surface area contributed by atoms with Crippen LogP contribution in [0.15, 0.2) is 95.0 Å². The maximum atomic E-state index is 14.2. The van der Waals surface area contributed by atoms with Gasteiger partial charge in [0.25, 0.3) is 0 Å². The highest BCUT2D eigenvalue weighted by molar-refractivity contribution is 7.90. The molecular formula is C27H20F4N2O4S. The number of benzene rings is 3. The van der Waals surface area contributed by atoms with Crippen molar-refractivity contribution in [2.75, 3.05) is 6.26 Å². The lowest BCUT2D eigenvalue weighted by Crippen LogP contribution is -2.25. The van der Waals surface area contributed by atoms with Crippen molar-refractivity contribution in [3.63, 3.8) is 0 Å². The zero-order valence-corrected chi connectivity index (χ0v) is 20.8. The zero-order valence-electron chi connectivity index (χ0n) is 20.0. The number of hydrogen-bond acceptors (Lipinski definition) is 5. The molecule has 0 aliphatic rings. The normalized spacial score (nSPS) is 12.4. The molecule has 4 rings (SSSR count). The van der Waals surface area contributed by atoms with Crippen LogP contribution in [-0.2, 0) is 14.7 Å². The number of aromatic nitrogens is 1. The third-order valence-electron chi connectivity index (χ3n) is 5.66. The summed E-state index contributed by atoms with van der Waals surface area (Å²) in [6.45, 7) is 1.41. The van der Waals surface area contributed by atoms with E-state index in [1.165, 1.54) is 78.2 Å². The molecule has 0 N–H and O–H groups in total. The second-order valence-electron chi connectivity index (χ2n) is 8.32. The van der Waals surface area contributed by atoms with Crippen molar-refractivity contribution >= 4 is 21.5 Å². The van der Waals surface area contributed by atoms with E-state index >= 15 is 0 Å². The number of hydrogen-bond donors (Lipinski definition) is 0. The van der Waals surface area contributed by atoms with Gasteiger partial charge in [-0.25, -0.2) is 17.6 Å². The minimum atomic E-state index is -5.01. The standard InChI is InChI=1S/C27H20F4N2O4S/c1-17-23(25(27(29,30)31)32-37-26(34)19-6-4-3-5-7-19)16-24(33(17)21-12-10-20(28)11-13-21)18-8-14-22(15-9-18)38(2,35)36/h3-16H,1-2H3/b32-25-. The fraction of sp³-hybridized carbons (Fsp3) is 0.111. The number of carbonyl (C=O) groups is 1. The maximum absolute atomic E-state index is 14.2. The van der Waals surface area contributed by atoms with Crippen molar-refractivity contribution < 1.29 is 35.6 Å². The van der Waals surface area contributed by atoms with Gasteiger partial charge in [-0.15, -0.1) is 0 Å². The molecule has 0 unspecified atom stereocenters. The fourth-order valence-electron chi connectivity index (χ4n) is 3.82. The van der Waals surface area contributed by atoms with Crippen molar-refractivity contribution in [2.45, 2.75) is 18.0 Å². The molecule has 38 heavy (non-hydrogen) atoms. The summed E-state index contributed by atoms with van der Waals surface area (Å²) in [6.07, 6.45) is -3.97. The molecule has 0 aliphatic carbocycles. The SMILES string of the molecule is Cc1c(/C(=N/OC(=O)c2ccccc2)C(F)(F)F)cc(-c2ccc(S(C)(=O)=O)cc2)n1-c1ccc(F)cc1. The first-order valence-corrected chi connectivity index (χ1v) is 13.0. The van der Waals surface area contributed by atoms with Crippen LogP contribution >= 0.6 is 0 Å². The van der Waals surface area contributed by atoms with Crippen LogP contribution in [0.2, 0.25) is 0 Å². The van der Waals surface area contributed by atoms with Gasteiger partial charge in [0, 0.05) is 23.2 Å². The summed E-state index contributed by atoms with van der Waals surface area (Å²) in [4.78, 5) is 17.0. The van der Waals surface area contributed by atoms with Gasteiger partial charge in [0.2, 0.25) is 0 Å². The summed E-state index contributed by atoms with van der Waals surface area (Å²) in [6, 6.07) is 19.3. The van der Waals surface area contributed by atoms with Crippen molar-refractivity contribution in [3.8, 4) is 16.9 Å². The van der Waals surface area contributed by atoms with Crippen molar-refractivity contribution in [3.05, 3.63) is 108 Å². The van der Waals surface area contributed by atoms with Crippen LogP contribution in [0.5, 0.6) is 0 Å². The van der Waals surface area contributed by atoms with Gasteiger partial charge in [0.1, 0.15) is 5.82 Å². The number of sulfone groups is 1. The molecule has 0 bridgehead atoms. The average Bonchev–Trinajstić information content (AvgIpc) is 3.20. The molecule has 1 aromatic heterocycles. The Morgan fingerprint density at radius 3 is 2.08 bits per heavy atom. The summed E-state index contributed by atoms with van der Waals surface area (Å²) in [5, 5.41) is 3.19. The van der Waals surface area contributed by atoms with Gasteiger partial charge >= 0.3 is 12.1 Å². The van der Waals surface area contributed by atoms with E-state index in [9.17, 15) is 30.8 Å². The van der Waals surface area contributed by atoms with Crippen LogP contribution in [0.1, 0.15) is 21.6 Å². The molecule has 0 aliphatic heterocycles. The molecular weight excluding hydrogens is 524 g/mol. The van der Waals surface area contributed by atoms with Gasteiger partial charge in [-0.2, -0.15) is 13.2 Å². The fourth-order valence-corrected chi connectivity index (χ4v) is 4.45. The molecule has 0 spiro atoms. The van der Waals surface area contributed by atoms with E-state index in [4.69, 9.17) is 0 Å². The van der Waals surface area contributed by atoms with Gasteiger partial charge in [-0.3, -0.25) is 0 Å². The highest BCUT2D eigenvalue weighted by Crippen LogP contribution is 2.34. The first-order valence-electron chi connectivity index (χ1n) is 11.1. The lowest BCUT2D eigenvalue weighted by molar-refractivity contribution is -0.0605. The highest BCUT2D eigenvalue weighted by atomic mass is 32.2. The Morgan fingerprint density at radius 1 is 0.921 bits per heavy atom. The predicted octanol–water partition coefficient (Wildman–Crippen LogP) is 6.12. The van der Waals surface area contributed by atoms with Crippen molar-refractivity contribution in [2.24, 2.45) is 5.16 Å². The Hall–Kier alpha value is -4.25. The Morgan fingerprint density at radius 2 is 1.53 bits per heavy atom. The molecule has 196 valence electrons. The molecule has 4 aromatic rings. The Balaban J connectivity index is 1.88. The van der Waals surface area contributed by atoms with Crippen LogP contribution in [-0.4, -0.2) is 37.1 Å². The Kier molecular flexibility index (Phi) is 7.23. The zero-order chi connectivity index (χ0) is 27.7. The second kappa shape index (κ2) is 10.3. The van der Waals surface area contributed by atoms with Crippen LogP contribution in [0.3, 0.4) is 0 Å². The van der Waals surface area contributed by atoms with Gasteiger partial charge in [-0.1, -0.05) is 35.5 Å². The number of halogens is 4. The smallest absolute Gasteiger partial charge is 0.313 e. The molecule has 0 atom stereocenters. The highest BCUT2D eigenvalue weighted by Gasteiger charge is 2.40. The first-order chi connectivity index (χ1) is 17.9. The Labute approximate surface area is 215 Å². The lowest BCUT2D eigenvalue weighted by Gasteiger charge is -2.14. The molecule has 3 aromatic carbocycles. The molecule has 0 saturated carbocycles. The van der Waals surface area contributed by atoms with E-state index in [2.05, 4.69) is 9.99 Å². The molecule has 0 amide bonds. The average molecular weight is 545 g/mol. The van der Waals surface area contributed by atoms with Gasteiger partial charge in [-0.05, 0) is 67.1 Å². The quantitative estimate of drug-likeness (QED) is 0.127. The number of alkyl halides is 3. The van der Waals surface area contributed by atoms with E-state index < -0.39 is 33.5 Å². The molecule has 6 nitrogen and oxygen atoms in total. The van der Waals surface area contributed by atoms with Crippen molar-refractivity contribution in [1.82, 2.24) is 4.57 Å². The monoisotopic (exact) mass is 544 g/mol. The molecule has 0 radical (unpaired) electrons. The number of rotatable bonds is 6. The van der Waals surface area contributed by atoms with E-state index in [0.29, 0.717) is 11.3 Å². The Bertz CT molecular complexity index is 1610. The van der Waals surface area contributed by atoms with E-state index in [1.54, 1.807) is 6.07 Å². The molecule has 0 saturated heterocycles. The summed E-state index contributed by atoms with van der Waals surface area (Å²) >= 11 is 0. The summed E-state index contributed by atoms with van der Waals surface area (Å²) in [5.74, 6) is -1.61. The number of nitrogens with zero attached hydrogens (tertiary/aromatic N) is 2. The van der Waals surface area contributed by atoms with E-state index in [-0.39, 0.29) is 27.4 Å². The summed E-state index contributed by atoms with van der Waals surface area (Å²) in [7, 11) is -3.51. The van der Waals surface area contributed by atoms with Crippen LogP contribution in [0.25, 0.3) is 16.9 Å². The largest absolute Gasteiger partial charge is 0.437 e. The summed E-state index contributed by atoms with van der Waals surface area (Å²) in [5.41, 5.74) is -0.760. The van der Waals surface area contributed by atoms with Gasteiger partial charge in [0.15, 0.2) is 15.5 Å². The number of carbonyl (C=O) groups excluding carboxylic acids is 1. The van der Waals surface area contributed by atoms with Crippen LogP contribution < -0.4 is 0 Å². The summed E-state index contributed by atoms with van der Waals surface area (Å²) < 4.78 is 81.3. The second-order valence-corrected chi connectivity index (χ2v) is 10.3. The van der Waals surface area contributed by atoms with Gasteiger partial charge < -0.3 is 9.40 Å². The minimum absolute atomic E-state index is 0.0186. The van der Waals surface area contributed by atoms with E-state index in [1.807, 2.05) is 0 Å². The molecule has 11 heteroatoms. The third-order valence-corrected chi connectivity index (χ3v) is 6.79. The third kappa shape index (κ3) is 5.67. The molecule has 1 heterocycles. The predicted molar refractivity (Wildman–Crippen MR) is 133 cm³/mol. The minimum Gasteiger partial charge on any atom is -0.313 e. The van der Waals surface area contributed by atoms with E-state index in [0.717, 1.165) is 18.4 Å². The van der Waals surface area contributed by atoms with Gasteiger partial charge in [0.05, 0.1) is 16.2 Å². The topological polar surface area (TPSA) is 77.7 Å². The molecule has 0 fully saturated rings. The first kappa shape index (κ1) is 26.8.